The number of nitrogens with one attached hydrogen (secondary N) is 1. The van der Waals surface area contributed by atoms with Gasteiger partial charge in [0.05, 0.1) is 42.5 Å². The highest BCUT2D eigenvalue weighted by atomic mass is 35.5. The summed E-state index contributed by atoms with van der Waals surface area (Å²) in [5, 5.41) is 17.3. The van der Waals surface area contributed by atoms with Crippen LogP contribution in [0.15, 0.2) is 71.7 Å². The average molecular weight is 734 g/mol. The van der Waals surface area contributed by atoms with Gasteiger partial charge in [-0.3, -0.25) is 4.79 Å². The van der Waals surface area contributed by atoms with E-state index in [-0.39, 0.29) is 43.9 Å². The minimum absolute atomic E-state index is 0.0405. The Balaban J connectivity index is 1.31. The largest absolute Gasteiger partial charge is 0.481 e. The molecule has 0 saturated carbocycles. The first-order valence-corrected chi connectivity index (χ1v) is 17.2. The molecule has 0 spiro atoms. The maximum atomic E-state index is 13.3. The second-order valence-corrected chi connectivity index (χ2v) is 14.0. The number of benzene rings is 2. The number of carbonyl (C=O) groups is 2. The van der Waals surface area contributed by atoms with Gasteiger partial charge in [-0.05, 0) is 51.5 Å². The topological polar surface area (TPSA) is 140 Å². The van der Waals surface area contributed by atoms with E-state index in [1.165, 1.54) is 16.2 Å². The molecule has 5 aromatic rings. The van der Waals surface area contributed by atoms with Crippen molar-refractivity contribution >= 4 is 40.8 Å². The van der Waals surface area contributed by atoms with Gasteiger partial charge < -0.3 is 24.8 Å². The van der Waals surface area contributed by atoms with Crippen LogP contribution in [0.4, 0.5) is 4.79 Å². The van der Waals surface area contributed by atoms with Gasteiger partial charge in [-0.1, -0.05) is 59.6 Å². The number of aliphatic hydroxyl groups excluding tert-OH is 1. The van der Waals surface area contributed by atoms with Crippen molar-refractivity contribution in [3.63, 3.8) is 0 Å². The van der Waals surface area contributed by atoms with E-state index in [4.69, 9.17) is 37.7 Å². The summed E-state index contributed by atoms with van der Waals surface area (Å²) in [5.74, 6) is 0.271. The van der Waals surface area contributed by atoms with E-state index in [1.807, 2.05) is 54.6 Å². The van der Waals surface area contributed by atoms with Crippen LogP contribution in [0.2, 0.25) is 10.0 Å². The van der Waals surface area contributed by atoms with Crippen LogP contribution in [0.25, 0.3) is 39.2 Å². The van der Waals surface area contributed by atoms with E-state index in [0.29, 0.717) is 73.5 Å². The normalized spacial score (nSPS) is 14.5. The molecular formula is C37H38Cl2N6O6. The SMILES string of the molecule is COc1nc(-c2cccc(-c3cccc(-c4ccc5nn(CCO)c(=O)n5c4)c3Cl)c2Cl)ccc1CN(C[C@@H]1CCC(=O)N1)C(=O)OC(C)(C)C. The van der Waals surface area contributed by atoms with Crippen molar-refractivity contribution in [1.82, 2.24) is 29.4 Å². The van der Waals surface area contributed by atoms with Gasteiger partial charge in [0.15, 0.2) is 5.65 Å². The van der Waals surface area contributed by atoms with E-state index >= 15 is 0 Å². The fourth-order valence-electron chi connectivity index (χ4n) is 6.05. The summed E-state index contributed by atoms with van der Waals surface area (Å²) >= 11 is 14.1. The van der Waals surface area contributed by atoms with Crippen LogP contribution in [-0.4, -0.2) is 73.1 Å². The first-order valence-electron chi connectivity index (χ1n) is 16.5. The molecule has 0 bridgehead atoms. The first-order chi connectivity index (χ1) is 24.4. The highest BCUT2D eigenvalue weighted by Gasteiger charge is 2.29. The third kappa shape index (κ3) is 7.73. The Morgan fingerprint density at radius 3 is 2.33 bits per heavy atom. The summed E-state index contributed by atoms with van der Waals surface area (Å²) in [6, 6.07) is 18.2. The van der Waals surface area contributed by atoms with E-state index in [1.54, 1.807) is 37.9 Å². The van der Waals surface area contributed by atoms with Gasteiger partial charge in [0.1, 0.15) is 5.60 Å². The molecule has 3 aromatic heterocycles. The summed E-state index contributed by atoms with van der Waals surface area (Å²) < 4.78 is 14.0. The van der Waals surface area contributed by atoms with Crippen molar-refractivity contribution in [2.24, 2.45) is 0 Å². The Bertz CT molecular complexity index is 2180. The van der Waals surface area contributed by atoms with Crippen LogP contribution in [-0.2, 0) is 22.6 Å². The number of fused-ring (bicyclic) bond motifs is 1. The number of hydrogen-bond acceptors (Lipinski definition) is 8. The quantitative estimate of drug-likeness (QED) is 0.173. The Hall–Kier alpha value is -4.91. The maximum Gasteiger partial charge on any atom is 0.410 e. The fraction of sp³-hybridized carbons (Fsp3) is 0.324. The first kappa shape index (κ1) is 35.9. The minimum atomic E-state index is -0.706. The smallest absolute Gasteiger partial charge is 0.410 e. The predicted octanol–water partition coefficient (Wildman–Crippen LogP) is 6.22. The number of pyridine rings is 2. The molecule has 1 fully saturated rings. The maximum absolute atomic E-state index is 13.3. The van der Waals surface area contributed by atoms with Gasteiger partial charge in [0.2, 0.25) is 11.8 Å². The van der Waals surface area contributed by atoms with Gasteiger partial charge in [-0.25, -0.2) is 23.7 Å². The molecule has 0 unspecified atom stereocenters. The molecule has 1 aliphatic rings. The lowest BCUT2D eigenvalue weighted by Gasteiger charge is -2.29. The fourth-order valence-corrected chi connectivity index (χ4v) is 6.71. The second-order valence-electron chi connectivity index (χ2n) is 13.2. The number of hydrogen-bond donors (Lipinski definition) is 2. The lowest BCUT2D eigenvalue weighted by molar-refractivity contribution is -0.119. The summed E-state index contributed by atoms with van der Waals surface area (Å²) in [5.41, 5.74) is 3.97. The van der Waals surface area contributed by atoms with Gasteiger partial charge in [0.25, 0.3) is 0 Å². The lowest BCUT2D eigenvalue weighted by Crippen LogP contribution is -2.43. The van der Waals surface area contributed by atoms with Gasteiger partial charge in [-0.15, -0.1) is 5.10 Å². The van der Waals surface area contributed by atoms with Crippen LogP contribution in [0.5, 0.6) is 5.88 Å². The summed E-state index contributed by atoms with van der Waals surface area (Å²) in [4.78, 5) is 44.3. The van der Waals surface area contributed by atoms with Crippen LogP contribution in [0, 0.1) is 0 Å². The highest BCUT2D eigenvalue weighted by molar-refractivity contribution is 6.39. The van der Waals surface area contributed by atoms with Crippen LogP contribution in [0.3, 0.4) is 0 Å². The zero-order valence-electron chi connectivity index (χ0n) is 28.7. The number of rotatable bonds is 10. The lowest BCUT2D eigenvalue weighted by atomic mass is 9.97. The molecule has 14 heteroatoms. The van der Waals surface area contributed by atoms with Crippen LogP contribution < -0.4 is 15.7 Å². The molecule has 1 aliphatic heterocycles. The Morgan fingerprint density at radius 2 is 1.69 bits per heavy atom. The Labute approximate surface area is 304 Å². The van der Waals surface area contributed by atoms with Gasteiger partial charge >= 0.3 is 11.8 Å². The minimum Gasteiger partial charge on any atom is -0.481 e. The van der Waals surface area contributed by atoms with E-state index < -0.39 is 11.7 Å². The molecule has 1 saturated heterocycles. The summed E-state index contributed by atoms with van der Waals surface area (Å²) in [6.45, 7) is 5.72. The van der Waals surface area contributed by atoms with Gasteiger partial charge in [-0.2, -0.15) is 0 Å². The summed E-state index contributed by atoms with van der Waals surface area (Å²) in [6.07, 6.45) is 2.21. The van der Waals surface area contributed by atoms with Crippen molar-refractivity contribution in [1.29, 1.82) is 0 Å². The standard InChI is InChI=1S/C37H38Cl2N6O6/c1-37(2,3)51-36(49)43(21-24-13-16-31(47)40-24)19-23-11-14-29(41-34(23)50-4)28-10-6-9-27(33(28)39)26-8-5-7-25(32(26)38)22-12-15-30-42-45(17-18-46)35(48)44(30)20-22/h5-12,14-15,20,24,46H,13,16-19,21H2,1-4H3,(H,40,47)/t24-/m0/s1. The predicted molar refractivity (Wildman–Crippen MR) is 195 cm³/mol. The van der Waals surface area contributed by atoms with Crippen molar-refractivity contribution in [2.45, 2.75) is 58.3 Å². The second kappa shape index (κ2) is 14.7. The molecule has 1 atom stereocenters. The van der Waals surface area contributed by atoms with E-state index in [9.17, 15) is 19.5 Å². The Kier molecular flexibility index (Phi) is 10.4. The molecular weight excluding hydrogens is 695 g/mol. The number of aliphatic hydroxyl groups is 1. The molecule has 51 heavy (non-hydrogen) atoms. The average Bonchev–Trinajstić information content (AvgIpc) is 3.65. The van der Waals surface area contributed by atoms with Crippen molar-refractivity contribution in [2.75, 3.05) is 20.3 Å². The molecule has 0 radical (unpaired) electrons. The van der Waals surface area contributed by atoms with E-state index in [0.717, 1.165) is 0 Å². The highest BCUT2D eigenvalue weighted by Crippen LogP contribution is 2.42. The number of aromatic nitrogens is 4. The molecule has 2 amide bonds. The van der Waals surface area contributed by atoms with Crippen LogP contribution in [0.1, 0.15) is 39.2 Å². The monoisotopic (exact) mass is 732 g/mol. The number of methoxy groups -OCH3 is 1. The third-order valence-electron chi connectivity index (χ3n) is 8.43. The number of halogens is 2. The number of amides is 2. The Morgan fingerprint density at radius 1 is 1.00 bits per heavy atom. The number of ether oxygens (including phenoxy) is 2. The molecule has 0 aliphatic carbocycles. The molecule has 2 aromatic carbocycles. The third-order valence-corrected chi connectivity index (χ3v) is 9.25. The molecule has 2 N–H and O–H groups in total. The van der Waals surface area contributed by atoms with Crippen molar-refractivity contribution < 1.29 is 24.2 Å². The van der Waals surface area contributed by atoms with Crippen molar-refractivity contribution in [3.8, 4) is 39.4 Å². The van der Waals surface area contributed by atoms with Gasteiger partial charge in [0, 0.05) is 58.6 Å². The molecule has 266 valence electrons. The van der Waals surface area contributed by atoms with Crippen molar-refractivity contribution in [3.05, 3.63) is 93.0 Å². The summed E-state index contributed by atoms with van der Waals surface area (Å²) in [7, 11) is 1.51. The zero-order chi connectivity index (χ0) is 36.4. The molecule has 6 rings (SSSR count). The number of nitrogens with zero attached hydrogens (tertiary/aromatic N) is 5. The molecule has 12 nitrogen and oxygen atoms in total. The zero-order valence-corrected chi connectivity index (χ0v) is 30.2. The van der Waals surface area contributed by atoms with E-state index in [2.05, 4.69) is 10.4 Å². The molecule has 4 heterocycles. The van der Waals surface area contributed by atoms with Crippen LogP contribution >= 0.6 is 23.2 Å². The number of carbonyl (C=O) groups excluding carboxylic acids is 2.